The summed E-state index contributed by atoms with van der Waals surface area (Å²) in [7, 11) is 5.13. The fourth-order valence-corrected chi connectivity index (χ4v) is 3.52. The highest BCUT2D eigenvalue weighted by atomic mass is 16.5. The van der Waals surface area contributed by atoms with Crippen molar-refractivity contribution in [2.45, 2.75) is 0 Å². The Morgan fingerprint density at radius 3 is 2.57 bits per heavy atom. The fourth-order valence-electron chi connectivity index (χ4n) is 3.52. The van der Waals surface area contributed by atoms with Gasteiger partial charge in [-0.15, -0.1) is 0 Å². The lowest BCUT2D eigenvalue weighted by Gasteiger charge is -2.08. The minimum atomic E-state index is -0.126. The van der Waals surface area contributed by atoms with E-state index in [1.807, 2.05) is 25.2 Å². The van der Waals surface area contributed by atoms with Crippen molar-refractivity contribution in [3.63, 3.8) is 0 Å². The van der Waals surface area contributed by atoms with E-state index in [0.29, 0.717) is 17.1 Å². The van der Waals surface area contributed by atoms with Crippen LogP contribution in [0.2, 0.25) is 0 Å². The molecule has 0 saturated carbocycles. The molecule has 0 radical (unpaired) electrons. The number of ether oxygens (including phenoxy) is 2. The second kappa shape index (κ2) is 7.19. The van der Waals surface area contributed by atoms with Crippen LogP contribution in [0, 0.1) is 0 Å². The second-order valence-corrected chi connectivity index (χ2v) is 6.44. The van der Waals surface area contributed by atoms with Crippen LogP contribution in [0.1, 0.15) is 16.1 Å². The highest BCUT2D eigenvalue weighted by Crippen LogP contribution is 2.30. The molecular formula is C23H20N2O3. The maximum absolute atomic E-state index is 12.7. The lowest BCUT2D eigenvalue weighted by molar-refractivity contribution is 0.104. The Kier molecular flexibility index (Phi) is 4.57. The van der Waals surface area contributed by atoms with Crippen molar-refractivity contribution in [3.8, 4) is 11.5 Å². The van der Waals surface area contributed by atoms with Crippen molar-refractivity contribution in [1.82, 2.24) is 9.55 Å². The molecule has 4 rings (SSSR count). The van der Waals surface area contributed by atoms with Gasteiger partial charge in [0.2, 0.25) is 0 Å². The number of nitrogens with zero attached hydrogens (tertiary/aromatic N) is 2. The van der Waals surface area contributed by atoms with Gasteiger partial charge in [0.05, 0.1) is 25.4 Å². The predicted octanol–water partition coefficient (Wildman–Crippen LogP) is 4.64. The summed E-state index contributed by atoms with van der Waals surface area (Å²) in [5.41, 5.74) is 3.41. The molecule has 0 aliphatic heterocycles. The standard InChI is InChI=1S/C23H20N2O3/c1-25-19-7-5-4-6-16(19)17-12-13-24-18(23(17)25)9-10-20(26)15-8-11-21(27-2)22(14-15)28-3/h4-14H,1-3H3/b10-9+. The van der Waals surface area contributed by atoms with E-state index in [2.05, 4.69) is 21.7 Å². The van der Waals surface area contributed by atoms with Gasteiger partial charge in [-0.1, -0.05) is 18.2 Å². The van der Waals surface area contributed by atoms with Gasteiger partial charge in [-0.2, -0.15) is 0 Å². The third-order valence-electron chi connectivity index (χ3n) is 4.90. The number of para-hydroxylation sites is 1. The third-order valence-corrected chi connectivity index (χ3v) is 4.90. The van der Waals surface area contributed by atoms with Crippen LogP contribution in [0.4, 0.5) is 0 Å². The van der Waals surface area contributed by atoms with Crippen molar-refractivity contribution >= 4 is 33.7 Å². The van der Waals surface area contributed by atoms with Crippen molar-refractivity contribution in [3.05, 3.63) is 72.1 Å². The molecule has 0 saturated heterocycles. The lowest BCUT2D eigenvalue weighted by Crippen LogP contribution is -1.98. The average Bonchev–Trinajstić information content (AvgIpc) is 3.04. The van der Waals surface area contributed by atoms with Gasteiger partial charge in [0.1, 0.15) is 0 Å². The van der Waals surface area contributed by atoms with Crippen molar-refractivity contribution in [1.29, 1.82) is 0 Å². The molecule has 2 heterocycles. The van der Waals surface area contributed by atoms with Crippen LogP contribution in [0.15, 0.2) is 60.8 Å². The van der Waals surface area contributed by atoms with Gasteiger partial charge in [0, 0.05) is 35.1 Å². The Morgan fingerprint density at radius 1 is 1.00 bits per heavy atom. The summed E-state index contributed by atoms with van der Waals surface area (Å²) in [5.74, 6) is 0.985. The van der Waals surface area contributed by atoms with Crippen LogP contribution >= 0.6 is 0 Å². The summed E-state index contributed by atoms with van der Waals surface area (Å²) in [6.07, 6.45) is 5.08. The summed E-state index contributed by atoms with van der Waals surface area (Å²) in [6, 6.07) is 15.4. The number of rotatable bonds is 5. The molecule has 0 bridgehead atoms. The minimum absolute atomic E-state index is 0.126. The lowest BCUT2D eigenvalue weighted by atomic mass is 10.1. The van der Waals surface area contributed by atoms with Gasteiger partial charge in [0.25, 0.3) is 0 Å². The fraction of sp³-hybridized carbons (Fsp3) is 0.130. The second-order valence-electron chi connectivity index (χ2n) is 6.44. The van der Waals surface area contributed by atoms with E-state index in [1.54, 1.807) is 50.8 Å². The van der Waals surface area contributed by atoms with E-state index in [0.717, 1.165) is 22.1 Å². The number of benzene rings is 2. The van der Waals surface area contributed by atoms with E-state index in [1.165, 1.54) is 5.39 Å². The zero-order valence-electron chi connectivity index (χ0n) is 16.0. The Morgan fingerprint density at radius 2 is 1.79 bits per heavy atom. The highest BCUT2D eigenvalue weighted by molar-refractivity contribution is 6.11. The molecule has 0 aliphatic carbocycles. The molecule has 0 spiro atoms. The summed E-state index contributed by atoms with van der Waals surface area (Å²) in [5, 5.41) is 2.29. The Hall–Kier alpha value is -3.60. The van der Waals surface area contributed by atoms with E-state index < -0.39 is 0 Å². The van der Waals surface area contributed by atoms with Gasteiger partial charge in [-0.25, -0.2) is 0 Å². The Balaban J connectivity index is 1.74. The molecule has 4 aromatic rings. The molecule has 0 fully saturated rings. The molecule has 5 heteroatoms. The van der Waals surface area contributed by atoms with Crippen LogP contribution < -0.4 is 9.47 Å². The van der Waals surface area contributed by atoms with E-state index in [-0.39, 0.29) is 5.78 Å². The number of hydrogen-bond acceptors (Lipinski definition) is 4. The smallest absolute Gasteiger partial charge is 0.186 e. The number of aryl methyl sites for hydroxylation is 1. The van der Waals surface area contributed by atoms with Crippen LogP contribution in [0.5, 0.6) is 11.5 Å². The maximum atomic E-state index is 12.7. The highest BCUT2D eigenvalue weighted by Gasteiger charge is 2.12. The monoisotopic (exact) mass is 372 g/mol. The van der Waals surface area contributed by atoms with E-state index in [4.69, 9.17) is 9.47 Å². The van der Waals surface area contributed by atoms with Gasteiger partial charge in [-0.3, -0.25) is 9.78 Å². The zero-order chi connectivity index (χ0) is 19.7. The van der Waals surface area contributed by atoms with E-state index in [9.17, 15) is 4.79 Å². The minimum Gasteiger partial charge on any atom is -0.493 e. The van der Waals surface area contributed by atoms with Crippen molar-refractivity contribution in [2.24, 2.45) is 7.05 Å². The van der Waals surface area contributed by atoms with Crippen LogP contribution in [0.3, 0.4) is 0 Å². The predicted molar refractivity (Wildman–Crippen MR) is 111 cm³/mol. The van der Waals surface area contributed by atoms with E-state index >= 15 is 0 Å². The number of aromatic nitrogens is 2. The average molecular weight is 372 g/mol. The molecule has 5 nitrogen and oxygen atoms in total. The third kappa shape index (κ3) is 2.91. The zero-order valence-corrected chi connectivity index (χ0v) is 16.0. The molecule has 0 amide bonds. The molecule has 28 heavy (non-hydrogen) atoms. The topological polar surface area (TPSA) is 53.3 Å². The summed E-state index contributed by atoms with van der Waals surface area (Å²) in [6.45, 7) is 0. The molecule has 2 aromatic heterocycles. The molecule has 0 atom stereocenters. The van der Waals surface area contributed by atoms with Crippen molar-refractivity contribution in [2.75, 3.05) is 14.2 Å². The quantitative estimate of drug-likeness (QED) is 0.378. The largest absolute Gasteiger partial charge is 0.493 e. The number of pyridine rings is 1. The Labute approximate surface area is 162 Å². The molecule has 0 aliphatic rings. The number of allylic oxidation sites excluding steroid dienone is 1. The summed E-state index contributed by atoms with van der Waals surface area (Å²) < 4.78 is 12.6. The molecule has 0 N–H and O–H groups in total. The van der Waals surface area contributed by atoms with Crippen LogP contribution in [-0.2, 0) is 7.05 Å². The normalized spacial score (nSPS) is 11.4. The first-order chi connectivity index (χ1) is 13.6. The van der Waals surface area contributed by atoms with Gasteiger partial charge < -0.3 is 14.0 Å². The number of methoxy groups -OCH3 is 2. The van der Waals surface area contributed by atoms with Crippen LogP contribution in [0.25, 0.3) is 27.9 Å². The molecule has 2 aromatic carbocycles. The van der Waals surface area contributed by atoms with Gasteiger partial charge >= 0.3 is 0 Å². The number of ketones is 1. The maximum Gasteiger partial charge on any atom is 0.186 e. The molecule has 0 unspecified atom stereocenters. The molecule has 140 valence electrons. The number of hydrogen-bond donors (Lipinski definition) is 0. The Bertz CT molecular complexity index is 1220. The number of carbonyl (C=O) groups excluding carboxylic acids is 1. The summed E-state index contributed by atoms with van der Waals surface area (Å²) >= 11 is 0. The van der Waals surface area contributed by atoms with Crippen molar-refractivity contribution < 1.29 is 14.3 Å². The first-order valence-corrected chi connectivity index (χ1v) is 8.90. The first kappa shape index (κ1) is 17.8. The summed E-state index contributed by atoms with van der Waals surface area (Å²) in [4.78, 5) is 17.1. The number of carbonyl (C=O) groups is 1. The SMILES string of the molecule is COc1ccc(C(=O)/C=C/c2nccc3c4ccccc4n(C)c23)cc1OC. The van der Waals surface area contributed by atoms with Gasteiger partial charge in [0.15, 0.2) is 17.3 Å². The molecular weight excluding hydrogens is 352 g/mol. The first-order valence-electron chi connectivity index (χ1n) is 8.90. The van der Waals surface area contributed by atoms with Crippen LogP contribution in [-0.4, -0.2) is 29.6 Å². The van der Waals surface area contributed by atoms with Gasteiger partial charge in [-0.05, 0) is 42.5 Å². The number of fused-ring (bicyclic) bond motifs is 3.